The molecule has 0 fully saturated rings. The molecule has 0 aliphatic rings. The fourth-order valence-corrected chi connectivity index (χ4v) is 5.07. The average molecular weight is 594 g/mol. The van der Waals surface area contributed by atoms with Crippen LogP contribution in [0.3, 0.4) is 0 Å². The predicted molar refractivity (Wildman–Crippen MR) is 138 cm³/mol. The third-order valence-electron chi connectivity index (χ3n) is 4.93. The van der Waals surface area contributed by atoms with Crippen LogP contribution in [-0.2, 0) is 17.9 Å². The fourth-order valence-electron chi connectivity index (χ4n) is 3.31. The first kappa shape index (κ1) is 25.6. The zero-order valence-electron chi connectivity index (χ0n) is 18.8. The van der Waals surface area contributed by atoms with Gasteiger partial charge < -0.3 is 15.2 Å². The molecule has 0 atom stereocenters. The highest BCUT2D eigenvalue weighted by Gasteiger charge is 2.16. The lowest BCUT2D eigenvalue weighted by Gasteiger charge is -2.12. The molecular formula is C22H23IN6O4S. The number of benzene rings is 2. The van der Waals surface area contributed by atoms with Crippen molar-refractivity contribution in [3.8, 4) is 0 Å². The SMILES string of the molecule is CCn1c(CNC(=O)c2cccc([N+](=O)[O-])c2)nnc1SCC(=O)Nc1c(C)cc(I)cc1C. The number of rotatable bonds is 9. The van der Waals surface area contributed by atoms with E-state index in [9.17, 15) is 19.7 Å². The van der Waals surface area contributed by atoms with Gasteiger partial charge in [0.15, 0.2) is 11.0 Å². The summed E-state index contributed by atoms with van der Waals surface area (Å²) in [5.41, 5.74) is 2.84. The molecule has 34 heavy (non-hydrogen) atoms. The molecule has 0 spiro atoms. The van der Waals surface area contributed by atoms with Crippen molar-refractivity contribution in [2.24, 2.45) is 0 Å². The monoisotopic (exact) mass is 594 g/mol. The molecule has 0 aliphatic heterocycles. The Morgan fingerprint density at radius 1 is 1.18 bits per heavy atom. The zero-order valence-corrected chi connectivity index (χ0v) is 21.8. The van der Waals surface area contributed by atoms with Crippen molar-refractivity contribution in [3.63, 3.8) is 0 Å². The summed E-state index contributed by atoms with van der Waals surface area (Å²) in [7, 11) is 0. The van der Waals surface area contributed by atoms with E-state index in [1.54, 1.807) is 0 Å². The minimum absolute atomic E-state index is 0.0934. The number of carbonyl (C=O) groups excluding carboxylic acids is 2. The molecule has 0 saturated carbocycles. The molecule has 2 amide bonds. The topological polar surface area (TPSA) is 132 Å². The Labute approximate surface area is 214 Å². The van der Waals surface area contributed by atoms with Crippen LogP contribution >= 0.6 is 34.4 Å². The summed E-state index contributed by atoms with van der Waals surface area (Å²) in [6.07, 6.45) is 0. The maximum absolute atomic E-state index is 12.5. The van der Waals surface area contributed by atoms with Gasteiger partial charge in [-0.05, 0) is 72.7 Å². The number of non-ortho nitro benzene ring substituents is 1. The van der Waals surface area contributed by atoms with Crippen LogP contribution < -0.4 is 10.6 Å². The summed E-state index contributed by atoms with van der Waals surface area (Å²) < 4.78 is 2.92. The van der Waals surface area contributed by atoms with Crippen molar-refractivity contribution in [2.45, 2.75) is 39.0 Å². The number of nitro benzene ring substituents is 1. The van der Waals surface area contributed by atoms with Crippen LogP contribution in [-0.4, -0.2) is 37.3 Å². The Bertz CT molecular complexity index is 1220. The lowest BCUT2D eigenvalue weighted by Crippen LogP contribution is -2.25. The number of amides is 2. The molecule has 3 aromatic rings. The predicted octanol–water partition coefficient (Wildman–Crippen LogP) is 4.09. The molecule has 0 saturated heterocycles. The standard InChI is InChI=1S/C22H23IN6O4S/c1-4-28-18(11-24-21(31)15-6-5-7-17(10-15)29(32)33)26-27-22(28)34-12-19(30)25-20-13(2)8-16(23)9-14(20)3/h5-10H,4,11-12H2,1-3H3,(H,24,31)(H,25,30). The summed E-state index contributed by atoms with van der Waals surface area (Å²) in [6, 6.07) is 9.53. The molecule has 0 radical (unpaired) electrons. The van der Waals surface area contributed by atoms with E-state index in [4.69, 9.17) is 0 Å². The van der Waals surface area contributed by atoms with Gasteiger partial charge in [0.2, 0.25) is 5.91 Å². The van der Waals surface area contributed by atoms with Crippen molar-refractivity contribution < 1.29 is 14.5 Å². The molecule has 1 aromatic heterocycles. The molecule has 0 bridgehead atoms. The van der Waals surface area contributed by atoms with Crippen LogP contribution in [0.25, 0.3) is 0 Å². The first-order valence-corrected chi connectivity index (χ1v) is 12.4. The van der Waals surface area contributed by atoms with E-state index in [1.807, 2.05) is 37.5 Å². The largest absolute Gasteiger partial charge is 0.345 e. The van der Waals surface area contributed by atoms with Crippen LogP contribution in [0, 0.1) is 27.5 Å². The highest BCUT2D eigenvalue weighted by Crippen LogP contribution is 2.24. The molecule has 2 aromatic carbocycles. The Hall–Kier alpha value is -3.00. The molecule has 2 N–H and O–H groups in total. The Balaban J connectivity index is 1.61. The zero-order chi connectivity index (χ0) is 24.8. The number of nitrogens with one attached hydrogen (secondary N) is 2. The molecule has 1 heterocycles. The molecular weight excluding hydrogens is 571 g/mol. The Morgan fingerprint density at radius 2 is 1.88 bits per heavy atom. The maximum atomic E-state index is 12.5. The number of hydrogen-bond donors (Lipinski definition) is 2. The number of nitrogens with zero attached hydrogens (tertiary/aromatic N) is 4. The van der Waals surface area contributed by atoms with Gasteiger partial charge in [-0.1, -0.05) is 17.8 Å². The third kappa shape index (κ3) is 6.32. The van der Waals surface area contributed by atoms with Gasteiger partial charge in [0.05, 0.1) is 17.2 Å². The smallest absolute Gasteiger partial charge is 0.270 e. The van der Waals surface area contributed by atoms with E-state index >= 15 is 0 Å². The van der Waals surface area contributed by atoms with E-state index in [2.05, 4.69) is 43.4 Å². The van der Waals surface area contributed by atoms with Gasteiger partial charge >= 0.3 is 0 Å². The number of nitro groups is 1. The number of hydrogen-bond acceptors (Lipinski definition) is 7. The van der Waals surface area contributed by atoms with Crippen LogP contribution in [0.4, 0.5) is 11.4 Å². The van der Waals surface area contributed by atoms with Crippen molar-refractivity contribution in [2.75, 3.05) is 11.1 Å². The lowest BCUT2D eigenvalue weighted by atomic mass is 10.1. The molecule has 0 aliphatic carbocycles. The van der Waals surface area contributed by atoms with E-state index in [0.717, 1.165) is 20.4 Å². The van der Waals surface area contributed by atoms with Gasteiger partial charge in [0.1, 0.15) is 0 Å². The Morgan fingerprint density at radius 3 is 2.53 bits per heavy atom. The molecule has 0 unspecified atom stereocenters. The van der Waals surface area contributed by atoms with Gasteiger partial charge in [-0.15, -0.1) is 10.2 Å². The van der Waals surface area contributed by atoms with Crippen LogP contribution in [0.1, 0.15) is 34.2 Å². The molecule has 10 nitrogen and oxygen atoms in total. The minimum atomic E-state index is -0.550. The van der Waals surface area contributed by atoms with E-state index < -0.39 is 10.8 Å². The minimum Gasteiger partial charge on any atom is -0.345 e. The number of thioether (sulfide) groups is 1. The summed E-state index contributed by atoms with van der Waals surface area (Å²) in [6.45, 7) is 6.47. The van der Waals surface area contributed by atoms with Crippen LogP contribution in [0.5, 0.6) is 0 Å². The van der Waals surface area contributed by atoms with Crippen LogP contribution in [0.2, 0.25) is 0 Å². The number of aryl methyl sites for hydroxylation is 2. The Kier molecular flexibility index (Phi) is 8.61. The number of anilines is 1. The van der Waals surface area contributed by atoms with E-state index in [0.29, 0.717) is 17.5 Å². The summed E-state index contributed by atoms with van der Waals surface area (Å²) in [5, 5.41) is 25.4. The summed E-state index contributed by atoms with van der Waals surface area (Å²) >= 11 is 3.50. The second kappa shape index (κ2) is 11.4. The molecule has 12 heteroatoms. The fraction of sp³-hybridized carbons (Fsp3) is 0.273. The first-order valence-electron chi connectivity index (χ1n) is 10.3. The van der Waals surface area contributed by atoms with Crippen LogP contribution in [0.15, 0.2) is 41.6 Å². The highest BCUT2D eigenvalue weighted by atomic mass is 127. The first-order chi connectivity index (χ1) is 16.2. The van der Waals surface area contributed by atoms with Gasteiger partial charge in [-0.3, -0.25) is 19.7 Å². The second-order valence-corrected chi connectivity index (χ2v) is 9.57. The van der Waals surface area contributed by atoms with E-state index in [1.165, 1.54) is 36.0 Å². The molecule has 178 valence electrons. The number of halogens is 1. The normalized spacial score (nSPS) is 10.7. The van der Waals surface area contributed by atoms with Gasteiger partial charge in [-0.2, -0.15) is 0 Å². The summed E-state index contributed by atoms with van der Waals surface area (Å²) in [5.74, 6) is 0.0755. The average Bonchev–Trinajstić information content (AvgIpc) is 3.20. The maximum Gasteiger partial charge on any atom is 0.270 e. The third-order valence-corrected chi connectivity index (χ3v) is 6.52. The lowest BCUT2D eigenvalue weighted by molar-refractivity contribution is -0.384. The number of aromatic nitrogens is 3. The quantitative estimate of drug-likeness (QED) is 0.165. The van der Waals surface area contributed by atoms with Crippen molar-refractivity contribution in [1.82, 2.24) is 20.1 Å². The van der Waals surface area contributed by atoms with Crippen molar-refractivity contribution in [1.29, 1.82) is 0 Å². The van der Waals surface area contributed by atoms with Crippen molar-refractivity contribution in [3.05, 3.63) is 72.6 Å². The van der Waals surface area contributed by atoms with Gasteiger partial charge in [-0.25, -0.2) is 0 Å². The number of carbonyl (C=O) groups is 2. The highest BCUT2D eigenvalue weighted by molar-refractivity contribution is 14.1. The molecule has 3 rings (SSSR count). The summed E-state index contributed by atoms with van der Waals surface area (Å²) in [4.78, 5) is 35.3. The second-order valence-electron chi connectivity index (χ2n) is 7.38. The van der Waals surface area contributed by atoms with Gasteiger partial charge in [0, 0.05) is 33.5 Å². The van der Waals surface area contributed by atoms with E-state index in [-0.39, 0.29) is 29.5 Å². The van der Waals surface area contributed by atoms with Gasteiger partial charge in [0.25, 0.3) is 11.6 Å². The van der Waals surface area contributed by atoms with Crippen molar-refractivity contribution >= 4 is 57.5 Å².